The number of halogens is 1. The molecule has 0 aliphatic rings. The van der Waals surface area contributed by atoms with E-state index < -0.39 is 9.84 Å². The Kier molecular flexibility index (Phi) is 6.42. The molecule has 1 aromatic carbocycles. The van der Waals surface area contributed by atoms with Gasteiger partial charge in [-0.15, -0.1) is 0 Å². The second kappa shape index (κ2) is 7.61. The van der Waals surface area contributed by atoms with Gasteiger partial charge in [-0.25, -0.2) is 8.42 Å². The number of carbonyl (C=O) groups excluding carboxylic acids is 1. The molecule has 116 valence electrons. The molecular formula is C15H20ClNO3S. The summed E-state index contributed by atoms with van der Waals surface area (Å²) < 4.78 is 23.2. The highest BCUT2D eigenvalue weighted by Crippen LogP contribution is 2.11. The fourth-order valence-corrected chi connectivity index (χ4v) is 2.99. The third-order valence-electron chi connectivity index (χ3n) is 3.23. The van der Waals surface area contributed by atoms with Gasteiger partial charge in [-0.1, -0.05) is 30.7 Å². The zero-order chi connectivity index (χ0) is 16.0. The molecule has 6 heteroatoms. The first kappa shape index (κ1) is 17.7. The van der Waals surface area contributed by atoms with E-state index in [2.05, 4.69) is 0 Å². The standard InChI is InChI=1S/C15H20ClNO3S/c1-4-21(19,20)11-12(2)17(3)15(18)10-7-13-5-8-14(16)9-6-13/h5-10,12H,4,11H2,1-3H3. The van der Waals surface area contributed by atoms with Gasteiger partial charge in [-0.05, 0) is 30.7 Å². The minimum atomic E-state index is -3.10. The number of amides is 1. The van der Waals surface area contributed by atoms with Gasteiger partial charge in [0.05, 0.1) is 5.75 Å². The third-order valence-corrected chi connectivity index (χ3v) is 5.35. The van der Waals surface area contributed by atoms with Crippen LogP contribution < -0.4 is 0 Å². The molecule has 0 saturated heterocycles. The number of benzene rings is 1. The van der Waals surface area contributed by atoms with Gasteiger partial charge < -0.3 is 4.90 Å². The van der Waals surface area contributed by atoms with Gasteiger partial charge in [0.15, 0.2) is 9.84 Å². The van der Waals surface area contributed by atoms with Crippen molar-refractivity contribution in [1.29, 1.82) is 0 Å². The number of rotatable bonds is 6. The van der Waals surface area contributed by atoms with Crippen molar-refractivity contribution >= 4 is 33.4 Å². The largest absolute Gasteiger partial charge is 0.338 e. The van der Waals surface area contributed by atoms with Crippen LogP contribution in [-0.2, 0) is 14.6 Å². The Labute approximate surface area is 131 Å². The van der Waals surface area contributed by atoms with Gasteiger partial charge in [0.2, 0.25) is 5.91 Å². The van der Waals surface area contributed by atoms with Crippen molar-refractivity contribution in [3.8, 4) is 0 Å². The molecule has 0 aliphatic heterocycles. The van der Waals surface area contributed by atoms with Crippen molar-refractivity contribution < 1.29 is 13.2 Å². The Balaban J connectivity index is 2.68. The summed E-state index contributed by atoms with van der Waals surface area (Å²) in [4.78, 5) is 13.4. The average Bonchev–Trinajstić information content (AvgIpc) is 2.45. The van der Waals surface area contributed by atoms with Gasteiger partial charge >= 0.3 is 0 Å². The predicted molar refractivity (Wildman–Crippen MR) is 87.0 cm³/mol. The van der Waals surface area contributed by atoms with E-state index in [4.69, 9.17) is 11.6 Å². The zero-order valence-electron chi connectivity index (χ0n) is 12.4. The molecule has 0 fully saturated rings. The number of sulfone groups is 1. The molecule has 1 aromatic rings. The first-order valence-corrected chi connectivity index (χ1v) is 8.86. The smallest absolute Gasteiger partial charge is 0.246 e. The molecule has 0 spiro atoms. The topological polar surface area (TPSA) is 54.5 Å². The highest BCUT2D eigenvalue weighted by molar-refractivity contribution is 7.91. The summed E-state index contributed by atoms with van der Waals surface area (Å²) in [5.41, 5.74) is 0.856. The van der Waals surface area contributed by atoms with Crippen LogP contribution in [0.25, 0.3) is 6.08 Å². The molecule has 1 rings (SSSR count). The van der Waals surface area contributed by atoms with Gasteiger partial charge in [0, 0.05) is 29.9 Å². The molecule has 0 aliphatic carbocycles. The number of nitrogens with zero attached hydrogens (tertiary/aromatic N) is 1. The van der Waals surface area contributed by atoms with Gasteiger partial charge in [0.25, 0.3) is 0 Å². The molecule has 0 bridgehead atoms. The maximum atomic E-state index is 12.0. The Bertz CT molecular complexity index is 608. The first-order valence-electron chi connectivity index (χ1n) is 6.66. The predicted octanol–water partition coefficient (Wildman–Crippen LogP) is 2.63. The van der Waals surface area contributed by atoms with Crippen molar-refractivity contribution in [3.05, 3.63) is 40.9 Å². The van der Waals surface area contributed by atoms with Crippen LogP contribution in [0.3, 0.4) is 0 Å². The van der Waals surface area contributed by atoms with Crippen molar-refractivity contribution in [2.75, 3.05) is 18.6 Å². The quantitative estimate of drug-likeness (QED) is 0.754. The lowest BCUT2D eigenvalue weighted by molar-refractivity contribution is -0.126. The van der Waals surface area contributed by atoms with Crippen LogP contribution >= 0.6 is 11.6 Å². The molecule has 1 atom stereocenters. The Hall–Kier alpha value is -1.33. The molecule has 0 N–H and O–H groups in total. The summed E-state index contributed by atoms with van der Waals surface area (Å²) in [6.45, 7) is 3.32. The molecule has 1 amide bonds. The third kappa shape index (κ3) is 5.89. The second-order valence-corrected chi connectivity index (χ2v) is 7.72. The van der Waals surface area contributed by atoms with Crippen LogP contribution in [0.1, 0.15) is 19.4 Å². The van der Waals surface area contributed by atoms with Crippen molar-refractivity contribution in [2.45, 2.75) is 19.9 Å². The summed E-state index contributed by atoms with van der Waals surface area (Å²) in [5.74, 6) is -0.177. The summed E-state index contributed by atoms with van der Waals surface area (Å²) in [6, 6.07) is 6.73. The Morgan fingerprint density at radius 3 is 2.43 bits per heavy atom. The van der Waals surface area contributed by atoms with Crippen LogP contribution in [0, 0.1) is 0 Å². The Morgan fingerprint density at radius 1 is 1.33 bits per heavy atom. The maximum Gasteiger partial charge on any atom is 0.246 e. The van der Waals surface area contributed by atoms with Crippen LogP contribution in [0.15, 0.2) is 30.3 Å². The van der Waals surface area contributed by atoms with Crippen molar-refractivity contribution in [1.82, 2.24) is 4.90 Å². The van der Waals surface area contributed by atoms with Crippen LogP contribution in [0.2, 0.25) is 5.02 Å². The van der Waals surface area contributed by atoms with Gasteiger partial charge in [0.1, 0.15) is 0 Å². The lowest BCUT2D eigenvalue weighted by Crippen LogP contribution is -2.38. The van der Waals surface area contributed by atoms with E-state index in [1.54, 1.807) is 51.2 Å². The maximum absolute atomic E-state index is 12.0. The Morgan fingerprint density at radius 2 is 1.90 bits per heavy atom. The minimum Gasteiger partial charge on any atom is -0.338 e. The lowest BCUT2D eigenvalue weighted by Gasteiger charge is -2.23. The fourth-order valence-electron chi connectivity index (χ4n) is 1.67. The fraction of sp³-hybridized carbons (Fsp3) is 0.400. The van der Waals surface area contributed by atoms with E-state index in [1.807, 2.05) is 0 Å². The summed E-state index contributed by atoms with van der Waals surface area (Å²) in [5, 5.41) is 0.633. The number of hydrogen-bond donors (Lipinski definition) is 0. The summed E-state index contributed by atoms with van der Waals surface area (Å²) in [7, 11) is -1.50. The van der Waals surface area contributed by atoms with Gasteiger partial charge in [-0.2, -0.15) is 0 Å². The molecule has 4 nitrogen and oxygen atoms in total. The van der Waals surface area contributed by atoms with E-state index in [9.17, 15) is 13.2 Å². The van der Waals surface area contributed by atoms with Crippen molar-refractivity contribution in [2.24, 2.45) is 0 Å². The molecule has 21 heavy (non-hydrogen) atoms. The number of likely N-dealkylation sites (N-methyl/N-ethyl adjacent to an activating group) is 1. The van der Waals surface area contributed by atoms with Crippen LogP contribution in [0.4, 0.5) is 0 Å². The molecule has 0 aromatic heterocycles. The molecule has 0 saturated carbocycles. The zero-order valence-corrected chi connectivity index (χ0v) is 14.0. The SMILES string of the molecule is CCS(=O)(=O)CC(C)N(C)C(=O)C=Cc1ccc(Cl)cc1. The molecular weight excluding hydrogens is 310 g/mol. The highest BCUT2D eigenvalue weighted by Gasteiger charge is 2.19. The lowest BCUT2D eigenvalue weighted by atomic mass is 10.2. The van der Waals surface area contributed by atoms with Gasteiger partial charge in [-0.3, -0.25) is 4.79 Å². The summed E-state index contributed by atoms with van der Waals surface area (Å²) in [6.07, 6.45) is 3.11. The van der Waals surface area contributed by atoms with E-state index in [0.29, 0.717) is 5.02 Å². The minimum absolute atomic E-state index is 0.0273. The number of hydrogen-bond acceptors (Lipinski definition) is 3. The second-order valence-electron chi connectivity index (χ2n) is 4.88. The van der Waals surface area contributed by atoms with E-state index >= 15 is 0 Å². The average molecular weight is 330 g/mol. The van der Waals surface area contributed by atoms with Crippen LogP contribution in [0.5, 0.6) is 0 Å². The van der Waals surface area contributed by atoms with E-state index in [1.165, 1.54) is 11.0 Å². The number of carbonyl (C=O) groups is 1. The molecule has 0 radical (unpaired) electrons. The van der Waals surface area contributed by atoms with E-state index in [-0.39, 0.29) is 23.5 Å². The van der Waals surface area contributed by atoms with Crippen molar-refractivity contribution in [3.63, 3.8) is 0 Å². The first-order chi connectivity index (χ1) is 9.75. The monoisotopic (exact) mass is 329 g/mol. The highest BCUT2D eigenvalue weighted by atomic mass is 35.5. The normalized spacial score (nSPS) is 13.3. The van der Waals surface area contributed by atoms with E-state index in [0.717, 1.165) is 5.56 Å². The summed E-state index contributed by atoms with van der Waals surface area (Å²) >= 11 is 5.79. The van der Waals surface area contributed by atoms with Crippen LogP contribution in [-0.4, -0.2) is 43.8 Å². The molecule has 1 unspecified atom stereocenters. The molecule has 0 heterocycles.